The summed E-state index contributed by atoms with van der Waals surface area (Å²) >= 11 is 6.68. The first-order valence-corrected chi connectivity index (χ1v) is 6.64. The lowest BCUT2D eigenvalue weighted by Crippen LogP contribution is -2.12. The second-order valence-electron chi connectivity index (χ2n) is 4.46. The Balaban J connectivity index is 2.38. The molecule has 2 heterocycles. The maximum absolute atomic E-state index is 11.9. The summed E-state index contributed by atoms with van der Waals surface area (Å²) in [4.78, 5) is 19.9. The molecule has 0 radical (unpaired) electrons. The number of hydrogen-bond donors (Lipinski definition) is 2. The average Bonchev–Trinajstić information content (AvgIpc) is 2.54. The number of hydrogen-bond acceptors (Lipinski definition) is 3. The van der Waals surface area contributed by atoms with Crippen LogP contribution in [0.1, 0.15) is 23.8 Å². The van der Waals surface area contributed by atoms with E-state index in [0.29, 0.717) is 4.77 Å². The average molecular weight is 252 g/mol. The van der Waals surface area contributed by atoms with Gasteiger partial charge in [0.2, 0.25) is 0 Å². The first-order valence-electron chi connectivity index (χ1n) is 5.42. The summed E-state index contributed by atoms with van der Waals surface area (Å²) in [5, 5.41) is 0.834. The van der Waals surface area contributed by atoms with E-state index in [2.05, 4.69) is 16.9 Å². The van der Waals surface area contributed by atoms with Crippen molar-refractivity contribution in [2.75, 3.05) is 0 Å². The molecule has 0 aromatic carbocycles. The Morgan fingerprint density at radius 3 is 3.06 bits per heavy atom. The van der Waals surface area contributed by atoms with Crippen LogP contribution in [0.5, 0.6) is 0 Å². The summed E-state index contributed by atoms with van der Waals surface area (Å²) in [6, 6.07) is 0. The van der Waals surface area contributed by atoms with Gasteiger partial charge in [-0.2, -0.15) is 0 Å². The van der Waals surface area contributed by atoms with Crippen LogP contribution < -0.4 is 5.56 Å². The summed E-state index contributed by atoms with van der Waals surface area (Å²) in [6.45, 7) is 2.26. The zero-order chi connectivity index (χ0) is 11.3. The summed E-state index contributed by atoms with van der Waals surface area (Å²) in [5.74, 6) is 0.725. The van der Waals surface area contributed by atoms with Crippen molar-refractivity contribution >= 4 is 33.8 Å². The van der Waals surface area contributed by atoms with Crippen LogP contribution in [0, 0.1) is 10.7 Å². The number of aromatic nitrogens is 2. The van der Waals surface area contributed by atoms with E-state index in [0.717, 1.165) is 29.0 Å². The lowest BCUT2D eigenvalue weighted by molar-refractivity contribution is 0.509. The fraction of sp³-hybridized carbons (Fsp3) is 0.455. The van der Waals surface area contributed by atoms with Crippen molar-refractivity contribution in [1.29, 1.82) is 0 Å². The topological polar surface area (TPSA) is 48.6 Å². The van der Waals surface area contributed by atoms with Crippen LogP contribution in [0.25, 0.3) is 10.2 Å². The minimum atomic E-state index is -0.0363. The third kappa shape index (κ3) is 1.46. The maximum Gasteiger partial charge on any atom is 0.260 e. The van der Waals surface area contributed by atoms with E-state index >= 15 is 0 Å². The number of H-pyrrole nitrogens is 2. The lowest BCUT2D eigenvalue weighted by Gasteiger charge is -2.17. The molecule has 0 saturated heterocycles. The number of thiophene rings is 1. The molecule has 0 bridgehead atoms. The number of nitrogens with one attached hydrogen (secondary N) is 2. The maximum atomic E-state index is 11.9. The highest BCUT2D eigenvalue weighted by Crippen LogP contribution is 2.35. The van der Waals surface area contributed by atoms with Crippen LogP contribution in [-0.4, -0.2) is 9.97 Å². The summed E-state index contributed by atoms with van der Waals surface area (Å²) in [5.41, 5.74) is 1.21. The number of rotatable bonds is 0. The SMILES string of the molecule is C[C@@H]1CCc2c(sc3[nH]c(=S)[nH]c(=O)c23)C1. The lowest BCUT2D eigenvalue weighted by atomic mass is 9.89. The molecule has 0 spiro atoms. The van der Waals surface area contributed by atoms with Gasteiger partial charge in [-0.1, -0.05) is 6.92 Å². The van der Waals surface area contributed by atoms with E-state index in [1.807, 2.05) is 0 Å². The van der Waals surface area contributed by atoms with Crippen LogP contribution in [-0.2, 0) is 12.8 Å². The van der Waals surface area contributed by atoms with Crippen molar-refractivity contribution in [3.05, 3.63) is 25.6 Å². The molecular weight excluding hydrogens is 240 g/mol. The largest absolute Gasteiger partial charge is 0.323 e. The van der Waals surface area contributed by atoms with Gasteiger partial charge in [-0.05, 0) is 43.0 Å². The van der Waals surface area contributed by atoms with Crippen LogP contribution >= 0.6 is 23.6 Å². The number of fused-ring (bicyclic) bond motifs is 3. The van der Waals surface area contributed by atoms with Crippen LogP contribution in [0.15, 0.2) is 4.79 Å². The summed E-state index contributed by atoms with van der Waals surface area (Å²) in [6.07, 6.45) is 3.28. The Bertz CT molecular complexity index is 665. The molecule has 84 valence electrons. The molecule has 2 aromatic heterocycles. The Labute approximate surface area is 102 Å². The van der Waals surface area contributed by atoms with Gasteiger partial charge in [-0.25, -0.2) is 0 Å². The van der Waals surface area contributed by atoms with Crippen molar-refractivity contribution in [2.45, 2.75) is 26.2 Å². The fourth-order valence-electron chi connectivity index (χ4n) is 2.38. The minimum absolute atomic E-state index is 0.0363. The molecule has 16 heavy (non-hydrogen) atoms. The Morgan fingerprint density at radius 2 is 2.25 bits per heavy atom. The van der Waals surface area contributed by atoms with Gasteiger partial charge in [-0.3, -0.25) is 9.78 Å². The van der Waals surface area contributed by atoms with Gasteiger partial charge in [0.25, 0.3) is 5.56 Å². The number of aromatic amines is 2. The fourth-order valence-corrected chi connectivity index (χ4v) is 4.05. The standard InChI is InChI=1S/C11H12N2OS2/c1-5-2-3-6-7(4-5)16-10-8(6)9(14)12-11(15)13-10/h5H,2-4H2,1H3,(H2,12,13,14,15)/t5-/m1/s1. The van der Waals surface area contributed by atoms with Crippen molar-refractivity contribution in [3.63, 3.8) is 0 Å². The van der Waals surface area contributed by atoms with E-state index in [1.165, 1.54) is 16.9 Å². The molecule has 0 saturated carbocycles. The monoisotopic (exact) mass is 252 g/mol. The Morgan fingerprint density at radius 1 is 1.44 bits per heavy atom. The zero-order valence-corrected chi connectivity index (χ0v) is 10.6. The first kappa shape index (κ1) is 10.2. The highest BCUT2D eigenvalue weighted by molar-refractivity contribution is 7.71. The highest BCUT2D eigenvalue weighted by Gasteiger charge is 2.21. The van der Waals surface area contributed by atoms with Gasteiger partial charge in [0, 0.05) is 4.88 Å². The third-order valence-corrected chi connectivity index (χ3v) is 4.57. The van der Waals surface area contributed by atoms with Gasteiger partial charge in [-0.15, -0.1) is 11.3 Å². The van der Waals surface area contributed by atoms with Gasteiger partial charge in [0.15, 0.2) is 4.77 Å². The van der Waals surface area contributed by atoms with E-state index in [9.17, 15) is 4.79 Å². The molecule has 0 fully saturated rings. The van der Waals surface area contributed by atoms with Gasteiger partial charge in [0.1, 0.15) is 4.83 Å². The summed E-state index contributed by atoms with van der Waals surface area (Å²) < 4.78 is 0.421. The second kappa shape index (κ2) is 3.53. The smallest absolute Gasteiger partial charge is 0.260 e. The van der Waals surface area contributed by atoms with Crippen molar-refractivity contribution in [3.8, 4) is 0 Å². The molecule has 2 N–H and O–H groups in total. The molecule has 3 nitrogen and oxygen atoms in total. The zero-order valence-electron chi connectivity index (χ0n) is 8.92. The van der Waals surface area contributed by atoms with Gasteiger partial charge < -0.3 is 4.98 Å². The normalized spacial score (nSPS) is 19.9. The van der Waals surface area contributed by atoms with Crippen LogP contribution in [0.3, 0.4) is 0 Å². The molecular formula is C11H12N2OS2. The van der Waals surface area contributed by atoms with Crippen LogP contribution in [0.4, 0.5) is 0 Å². The predicted octanol–water partition coefficient (Wildman–Crippen LogP) is 2.77. The van der Waals surface area contributed by atoms with Gasteiger partial charge >= 0.3 is 0 Å². The van der Waals surface area contributed by atoms with E-state index in [-0.39, 0.29) is 5.56 Å². The molecule has 1 aliphatic carbocycles. The van der Waals surface area contributed by atoms with E-state index in [4.69, 9.17) is 12.2 Å². The molecule has 1 aliphatic rings. The quantitative estimate of drug-likeness (QED) is 0.708. The third-order valence-electron chi connectivity index (χ3n) is 3.19. The predicted molar refractivity (Wildman–Crippen MR) is 68.8 cm³/mol. The number of aryl methyl sites for hydroxylation is 1. The molecule has 2 aromatic rings. The molecule has 5 heteroatoms. The molecule has 0 unspecified atom stereocenters. The van der Waals surface area contributed by atoms with Crippen molar-refractivity contribution in [1.82, 2.24) is 9.97 Å². The highest BCUT2D eigenvalue weighted by atomic mass is 32.1. The molecule has 3 rings (SSSR count). The van der Waals surface area contributed by atoms with Crippen molar-refractivity contribution < 1.29 is 0 Å². The molecule has 0 aliphatic heterocycles. The molecule has 0 amide bonds. The van der Waals surface area contributed by atoms with Crippen molar-refractivity contribution in [2.24, 2.45) is 5.92 Å². The molecule has 1 atom stereocenters. The second-order valence-corrected chi connectivity index (χ2v) is 5.98. The van der Waals surface area contributed by atoms with Crippen LogP contribution in [0.2, 0.25) is 0 Å². The first-order chi connectivity index (χ1) is 7.65. The Hall–Kier alpha value is -0.940. The van der Waals surface area contributed by atoms with Gasteiger partial charge in [0.05, 0.1) is 5.39 Å². The summed E-state index contributed by atoms with van der Waals surface area (Å²) in [7, 11) is 0. The minimum Gasteiger partial charge on any atom is -0.323 e. The van der Waals surface area contributed by atoms with E-state index in [1.54, 1.807) is 11.3 Å². The Kier molecular flexibility index (Phi) is 2.26. The van der Waals surface area contributed by atoms with E-state index < -0.39 is 0 Å².